The number of benzene rings is 1. The topological polar surface area (TPSA) is 65.2 Å². The summed E-state index contributed by atoms with van der Waals surface area (Å²) in [6, 6.07) is 8.54. The van der Waals surface area contributed by atoms with Gasteiger partial charge >= 0.3 is 0 Å². The lowest BCUT2D eigenvalue weighted by molar-refractivity contribution is 0.0945. The van der Waals surface area contributed by atoms with Crippen LogP contribution in [0.5, 0.6) is 0 Å². The van der Waals surface area contributed by atoms with Gasteiger partial charge in [-0.05, 0) is 54.7 Å². The third-order valence-electron chi connectivity index (χ3n) is 6.49. The highest BCUT2D eigenvalue weighted by Gasteiger charge is 2.26. The van der Waals surface area contributed by atoms with Gasteiger partial charge in [-0.1, -0.05) is 38.1 Å². The van der Waals surface area contributed by atoms with E-state index in [2.05, 4.69) is 53.3 Å². The summed E-state index contributed by atoms with van der Waals surface area (Å²) in [5, 5.41) is 3.00. The fourth-order valence-electron chi connectivity index (χ4n) is 5.21. The molecule has 2 heterocycles. The Morgan fingerprint density at radius 3 is 2.43 bits per heavy atom. The second kappa shape index (κ2) is 8.76. The average molecular weight is 408 g/mol. The highest BCUT2D eigenvalue weighted by Crippen LogP contribution is 2.26. The number of carbonyl (C=O) groups is 2. The molecule has 0 bridgehead atoms. The number of aromatic amines is 1. The lowest BCUT2D eigenvalue weighted by Gasteiger charge is -2.35. The number of likely N-dealkylation sites (tertiary alicyclic amines) is 1. The zero-order valence-corrected chi connectivity index (χ0v) is 18.4. The van der Waals surface area contributed by atoms with Crippen LogP contribution in [-0.4, -0.2) is 34.7 Å². The van der Waals surface area contributed by atoms with E-state index in [1.165, 1.54) is 25.1 Å². The molecule has 2 aliphatic rings. The molecular formula is C25H33N3O2. The van der Waals surface area contributed by atoms with E-state index < -0.39 is 0 Å². The molecule has 2 aromatic rings. The van der Waals surface area contributed by atoms with Crippen molar-refractivity contribution in [1.82, 2.24) is 15.2 Å². The number of aryl methyl sites for hydroxylation is 1. The molecule has 2 unspecified atom stereocenters. The Kier molecular flexibility index (Phi) is 6.09. The van der Waals surface area contributed by atoms with E-state index in [4.69, 9.17) is 0 Å². The summed E-state index contributed by atoms with van der Waals surface area (Å²) in [6.07, 6.45) is 3.60. The van der Waals surface area contributed by atoms with Gasteiger partial charge in [0.05, 0.1) is 0 Å². The van der Waals surface area contributed by atoms with Crippen molar-refractivity contribution >= 4 is 11.7 Å². The van der Waals surface area contributed by atoms with Crippen LogP contribution in [-0.2, 0) is 19.5 Å². The molecule has 2 atom stereocenters. The number of rotatable bonds is 5. The van der Waals surface area contributed by atoms with Crippen LogP contribution in [0.2, 0.25) is 0 Å². The molecule has 0 spiro atoms. The Bertz CT molecular complexity index is 919. The quantitative estimate of drug-likeness (QED) is 0.779. The van der Waals surface area contributed by atoms with Crippen LogP contribution in [0.1, 0.15) is 76.3 Å². The lowest BCUT2D eigenvalue weighted by Crippen LogP contribution is -2.38. The van der Waals surface area contributed by atoms with Gasteiger partial charge < -0.3 is 10.3 Å². The molecule has 1 saturated heterocycles. The van der Waals surface area contributed by atoms with Gasteiger partial charge in [0.2, 0.25) is 0 Å². The number of carbonyl (C=O) groups excluding carboxylic acids is 2. The Labute approximate surface area is 179 Å². The number of hydrogen-bond acceptors (Lipinski definition) is 3. The molecule has 1 aliphatic carbocycles. The summed E-state index contributed by atoms with van der Waals surface area (Å²) >= 11 is 0. The number of nitrogens with one attached hydrogen (secondary N) is 2. The summed E-state index contributed by atoms with van der Waals surface area (Å²) in [4.78, 5) is 30.6. The van der Waals surface area contributed by atoms with E-state index >= 15 is 0 Å². The van der Waals surface area contributed by atoms with E-state index in [-0.39, 0.29) is 11.7 Å². The molecule has 1 aromatic carbocycles. The van der Waals surface area contributed by atoms with Crippen molar-refractivity contribution in [2.75, 3.05) is 13.1 Å². The zero-order valence-electron chi connectivity index (χ0n) is 18.4. The Morgan fingerprint density at radius 1 is 1.10 bits per heavy atom. The van der Waals surface area contributed by atoms with Crippen molar-refractivity contribution < 1.29 is 9.59 Å². The SMILES string of the molecule is Cc1c(C(=O)NCc2ccc(CN3CC(C)CC(C)C3)cc2)[nH]c2c1C(=O)CCC2. The fourth-order valence-corrected chi connectivity index (χ4v) is 5.21. The van der Waals surface area contributed by atoms with E-state index in [0.717, 1.165) is 53.6 Å². The first-order valence-electron chi connectivity index (χ1n) is 11.2. The molecule has 5 nitrogen and oxygen atoms in total. The summed E-state index contributed by atoms with van der Waals surface area (Å²) in [5.74, 6) is 1.54. The number of amides is 1. The predicted molar refractivity (Wildman–Crippen MR) is 119 cm³/mol. The smallest absolute Gasteiger partial charge is 0.268 e. The number of piperidine rings is 1. The van der Waals surface area contributed by atoms with Gasteiger partial charge in [0.1, 0.15) is 5.69 Å². The Hall–Kier alpha value is -2.40. The molecule has 0 radical (unpaired) electrons. The number of hydrogen-bond donors (Lipinski definition) is 2. The fraction of sp³-hybridized carbons (Fsp3) is 0.520. The highest BCUT2D eigenvalue weighted by molar-refractivity contribution is 6.04. The minimum Gasteiger partial charge on any atom is -0.354 e. The second-order valence-corrected chi connectivity index (χ2v) is 9.39. The number of nitrogens with zero attached hydrogens (tertiary/aromatic N) is 1. The minimum atomic E-state index is -0.143. The number of ketones is 1. The second-order valence-electron chi connectivity index (χ2n) is 9.39. The number of fused-ring (bicyclic) bond motifs is 1. The number of Topliss-reactive ketones (excluding diaryl/α,β-unsaturated/α-hetero) is 1. The van der Waals surface area contributed by atoms with Crippen molar-refractivity contribution in [3.63, 3.8) is 0 Å². The monoisotopic (exact) mass is 407 g/mol. The summed E-state index contributed by atoms with van der Waals surface area (Å²) in [5.41, 5.74) is 5.36. The third kappa shape index (κ3) is 4.51. The molecule has 5 heteroatoms. The normalized spacial score (nSPS) is 22.0. The first-order valence-corrected chi connectivity index (χ1v) is 11.2. The maximum atomic E-state index is 12.7. The molecule has 4 rings (SSSR count). The highest BCUT2D eigenvalue weighted by atomic mass is 16.2. The van der Waals surface area contributed by atoms with Crippen LogP contribution >= 0.6 is 0 Å². The van der Waals surface area contributed by atoms with Gasteiger partial charge in [0.25, 0.3) is 5.91 Å². The molecule has 1 fully saturated rings. The van der Waals surface area contributed by atoms with Gasteiger partial charge in [-0.3, -0.25) is 14.5 Å². The molecule has 2 N–H and O–H groups in total. The molecule has 1 aromatic heterocycles. The van der Waals surface area contributed by atoms with Gasteiger partial charge in [0, 0.05) is 43.9 Å². The maximum Gasteiger partial charge on any atom is 0.268 e. The molecule has 1 amide bonds. The van der Waals surface area contributed by atoms with E-state index in [1.807, 2.05) is 6.92 Å². The van der Waals surface area contributed by atoms with Crippen LogP contribution in [0.15, 0.2) is 24.3 Å². The van der Waals surface area contributed by atoms with Crippen molar-refractivity contribution in [3.05, 3.63) is 57.9 Å². The summed E-state index contributed by atoms with van der Waals surface area (Å²) < 4.78 is 0. The van der Waals surface area contributed by atoms with Crippen LogP contribution < -0.4 is 5.32 Å². The van der Waals surface area contributed by atoms with Crippen LogP contribution in [0.4, 0.5) is 0 Å². The van der Waals surface area contributed by atoms with Gasteiger partial charge in [-0.25, -0.2) is 0 Å². The molecule has 0 saturated carbocycles. The van der Waals surface area contributed by atoms with E-state index in [0.29, 0.717) is 18.7 Å². The average Bonchev–Trinajstić information content (AvgIpc) is 3.04. The Morgan fingerprint density at radius 2 is 1.77 bits per heavy atom. The van der Waals surface area contributed by atoms with Crippen LogP contribution in [0.3, 0.4) is 0 Å². The number of H-pyrrole nitrogens is 1. The third-order valence-corrected chi connectivity index (χ3v) is 6.49. The standard InChI is InChI=1S/C25H33N3O2/c1-16-11-17(2)14-28(13-16)15-20-9-7-19(8-10-20)12-26-25(30)24-18(3)23-21(27-24)5-4-6-22(23)29/h7-10,16-17,27H,4-6,11-15H2,1-3H3,(H,26,30). The van der Waals surface area contributed by atoms with Crippen molar-refractivity contribution in [3.8, 4) is 0 Å². The molecular weight excluding hydrogens is 374 g/mol. The van der Waals surface area contributed by atoms with Gasteiger partial charge in [-0.2, -0.15) is 0 Å². The first-order chi connectivity index (χ1) is 14.4. The van der Waals surface area contributed by atoms with Crippen molar-refractivity contribution in [1.29, 1.82) is 0 Å². The van der Waals surface area contributed by atoms with Gasteiger partial charge in [-0.15, -0.1) is 0 Å². The minimum absolute atomic E-state index is 0.143. The molecule has 160 valence electrons. The van der Waals surface area contributed by atoms with Gasteiger partial charge in [0.15, 0.2) is 5.78 Å². The predicted octanol–water partition coefficient (Wildman–Crippen LogP) is 4.25. The zero-order chi connectivity index (χ0) is 21.3. The summed E-state index contributed by atoms with van der Waals surface area (Å²) in [6.45, 7) is 10.4. The van der Waals surface area contributed by atoms with Crippen LogP contribution in [0.25, 0.3) is 0 Å². The Balaban J connectivity index is 1.34. The number of aromatic nitrogens is 1. The maximum absolute atomic E-state index is 12.7. The largest absolute Gasteiger partial charge is 0.354 e. The molecule has 1 aliphatic heterocycles. The first kappa shape index (κ1) is 20.9. The lowest BCUT2D eigenvalue weighted by atomic mass is 9.91. The molecule has 30 heavy (non-hydrogen) atoms. The van der Waals surface area contributed by atoms with Crippen molar-refractivity contribution in [2.45, 2.75) is 59.5 Å². The summed E-state index contributed by atoms with van der Waals surface area (Å²) in [7, 11) is 0. The van der Waals surface area contributed by atoms with Crippen molar-refractivity contribution in [2.24, 2.45) is 11.8 Å². The van der Waals surface area contributed by atoms with Crippen LogP contribution in [0, 0.1) is 18.8 Å². The van der Waals surface area contributed by atoms with E-state index in [9.17, 15) is 9.59 Å². The van der Waals surface area contributed by atoms with E-state index in [1.54, 1.807) is 0 Å².